The second-order valence-corrected chi connectivity index (χ2v) is 9.20. The number of aromatic hydroxyl groups is 1. The van der Waals surface area contributed by atoms with E-state index in [1.54, 1.807) is 0 Å². The fraction of sp³-hybridized carbons (Fsp3) is 0.292. The van der Waals surface area contributed by atoms with Crippen molar-refractivity contribution in [1.82, 2.24) is 9.55 Å². The van der Waals surface area contributed by atoms with E-state index in [0.717, 1.165) is 16.9 Å². The van der Waals surface area contributed by atoms with Crippen LogP contribution in [0.4, 0.5) is 0 Å². The molecule has 0 unspecified atom stereocenters. The fourth-order valence-corrected chi connectivity index (χ4v) is 4.58. The molecule has 0 saturated carbocycles. The molecule has 2 heterocycles. The van der Waals surface area contributed by atoms with Crippen molar-refractivity contribution in [2.24, 2.45) is 0 Å². The first-order chi connectivity index (χ1) is 12.7. The fourth-order valence-electron chi connectivity index (χ4n) is 4.58. The lowest BCUT2D eigenvalue weighted by Gasteiger charge is -2.24. The van der Waals surface area contributed by atoms with Crippen LogP contribution in [0.25, 0.3) is 27.6 Å². The van der Waals surface area contributed by atoms with Gasteiger partial charge in [0.05, 0.1) is 11.0 Å². The van der Waals surface area contributed by atoms with Gasteiger partial charge in [-0.1, -0.05) is 46.8 Å². The molecular weight excluding hydrogens is 332 g/mol. The van der Waals surface area contributed by atoms with Gasteiger partial charge in [0.2, 0.25) is 0 Å². The van der Waals surface area contributed by atoms with E-state index in [9.17, 15) is 5.11 Å². The maximum absolute atomic E-state index is 10.5. The average Bonchev–Trinajstić information content (AvgIpc) is 3.04. The lowest BCUT2D eigenvalue weighted by molar-refractivity contribution is 0.473. The van der Waals surface area contributed by atoms with Crippen LogP contribution in [0, 0.1) is 0 Å². The van der Waals surface area contributed by atoms with Crippen LogP contribution in [0.5, 0.6) is 5.75 Å². The van der Waals surface area contributed by atoms with Crippen molar-refractivity contribution < 1.29 is 5.11 Å². The molecule has 0 aliphatic heterocycles. The molecule has 0 saturated heterocycles. The minimum Gasteiger partial charge on any atom is -0.508 e. The average molecular weight is 356 g/mol. The first-order valence-electron chi connectivity index (χ1n) is 9.47. The Kier molecular flexibility index (Phi) is 2.98. The molecule has 1 N–H and O–H groups in total. The van der Waals surface area contributed by atoms with E-state index >= 15 is 0 Å². The SMILES string of the molecule is CC(C)(C)c1ccnc(-n2c3cccc4c3c3c(cc(O)cc32)C4(C)C)c1. The van der Waals surface area contributed by atoms with E-state index < -0.39 is 0 Å². The number of phenolic OH excluding ortho intramolecular Hbond substituents is 1. The molecule has 136 valence electrons. The third-order valence-corrected chi connectivity index (χ3v) is 6.06. The van der Waals surface area contributed by atoms with Crippen molar-refractivity contribution >= 4 is 21.8 Å². The predicted molar refractivity (Wildman–Crippen MR) is 111 cm³/mol. The molecule has 0 fully saturated rings. The Morgan fingerprint density at radius 3 is 2.41 bits per heavy atom. The van der Waals surface area contributed by atoms with Gasteiger partial charge in [-0.25, -0.2) is 4.98 Å². The molecule has 2 aromatic carbocycles. The molecule has 1 aliphatic rings. The van der Waals surface area contributed by atoms with Crippen LogP contribution < -0.4 is 0 Å². The normalized spacial score (nSPS) is 15.3. The van der Waals surface area contributed by atoms with E-state index in [2.05, 4.69) is 69.5 Å². The summed E-state index contributed by atoms with van der Waals surface area (Å²) in [4.78, 5) is 4.69. The Morgan fingerprint density at radius 1 is 0.926 bits per heavy atom. The monoisotopic (exact) mass is 356 g/mol. The van der Waals surface area contributed by atoms with Crippen molar-refractivity contribution in [1.29, 1.82) is 0 Å². The van der Waals surface area contributed by atoms with Crippen LogP contribution in [0.1, 0.15) is 51.3 Å². The molecule has 3 heteroatoms. The Morgan fingerprint density at radius 2 is 1.67 bits per heavy atom. The van der Waals surface area contributed by atoms with Gasteiger partial charge in [-0.2, -0.15) is 0 Å². The molecule has 27 heavy (non-hydrogen) atoms. The van der Waals surface area contributed by atoms with Gasteiger partial charge in [0.1, 0.15) is 11.6 Å². The van der Waals surface area contributed by atoms with Gasteiger partial charge in [0, 0.05) is 28.5 Å². The highest BCUT2D eigenvalue weighted by Gasteiger charge is 2.36. The van der Waals surface area contributed by atoms with Gasteiger partial charge in [0.15, 0.2) is 0 Å². The highest BCUT2D eigenvalue weighted by atomic mass is 16.3. The number of hydrogen-bond acceptors (Lipinski definition) is 2. The first kappa shape index (κ1) is 16.4. The number of phenols is 1. The number of pyridine rings is 1. The van der Waals surface area contributed by atoms with Crippen LogP contribution in [-0.4, -0.2) is 14.7 Å². The van der Waals surface area contributed by atoms with Crippen LogP contribution in [0.2, 0.25) is 0 Å². The zero-order valence-corrected chi connectivity index (χ0v) is 16.5. The maximum Gasteiger partial charge on any atom is 0.137 e. The molecule has 4 aromatic rings. The number of hydrogen-bond donors (Lipinski definition) is 1. The zero-order chi connectivity index (χ0) is 19.1. The predicted octanol–water partition coefficient (Wildman–Crippen LogP) is 5.82. The van der Waals surface area contributed by atoms with Gasteiger partial charge in [0.25, 0.3) is 0 Å². The van der Waals surface area contributed by atoms with Gasteiger partial charge in [-0.3, -0.25) is 4.57 Å². The third kappa shape index (κ3) is 2.05. The van der Waals surface area contributed by atoms with Crippen LogP contribution >= 0.6 is 0 Å². The summed E-state index contributed by atoms with van der Waals surface area (Å²) in [6, 6.07) is 14.5. The molecule has 0 spiro atoms. The topological polar surface area (TPSA) is 38.0 Å². The second-order valence-electron chi connectivity index (χ2n) is 9.20. The minimum atomic E-state index is -0.110. The molecule has 0 radical (unpaired) electrons. The summed E-state index contributed by atoms with van der Waals surface area (Å²) in [7, 11) is 0. The van der Waals surface area contributed by atoms with Crippen molar-refractivity contribution in [2.45, 2.75) is 45.4 Å². The largest absolute Gasteiger partial charge is 0.508 e. The standard InChI is InChI=1S/C24H24N2O/c1-23(2,3)14-9-10-25-20(11-14)26-18-8-6-7-16-21(18)22-17(24(16,4)5)12-15(27)13-19(22)26/h6-13,27H,1-5H3. The van der Waals surface area contributed by atoms with Crippen molar-refractivity contribution in [3.63, 3.8) is 0 Å². The molecule has 1 aliphatic carbocycles. The van der Waals surface area contributed by atoms with Crippen molar-refractivity contribution in [2.75, 3.05) is 0 Å². The molecule has 0 atom stereocenters. The van der Waals surface area contributed by atoms with Gasteiger partial charge in [-0.15, -0.1) is 0 Å². The zero-order valence-electron chi connectivity index (χ0n) is 16.5. The summed E-state index contributed by atoms with van der Waals surface area (Å²) in [5, 5.41) is 13.0. The minimum absolute atomic E-state index is 0.0496. The van der Waals surface area contributed by atoms with Crippen LogP contribution in [0.3, 0.4) is 0 Å². The van der Waals surface area contributed by atoms with Crippen LogP contribution in [-0.2, 0) is 10.8 Å². The second kappa shape index (κ2) is 4.92. The van der Waals surface area contributed by atoms with Gasteiger partial charge < -0.3 is 5.11 Å². The first-order valence-corrected chi connectivity index (χ1v) is 9.47. The van der Waals surface area contributed by atoms with Crippen LogP contribution in [0.15, 0.2) is 48.7 Å². The number of benzene rings is 2. The molecule has 0 bridgehead atoms. The summed E-state index contributed by atoms with van der Waals surface area (Å²) in [6.07, 6.45) is 1.89. The number of aromatic nitrogens is 2. The third-order valence-electron chi connectivity index (χ3n) is 6.06. The van der Waals surface area contributed by atoms with Crippen molar-refractivity contribution in [3.05, 3.63) is 65.4 Å². The lowest BCUT2D eigenvalue weighted by Crippen LogP contribution is -2.16. The van der Waals surface area contributed by atoms with Crippen molar-refractivity contribution in [3.8, 4) is 11.6 Å². The highest BCUT2D eigenvalue weighted by Crippen LogP contribution is 2.51. The summed E-state index contributed by atoms with van der Waals surface area (Å²) in [5.74, 6) is 1.20. The number of nitrogens with zero attached hydrogens (tertiary/aromatic N) is 2. The van der Waals surface area contributed by atoms with Gasteiger partial charge in [-0.05, 0) is 46.4 Å². The Labute approximate surface area is 159 Å². The van der Waals surface area contributed by atoms with E-state index in [1.165, 1.54) is 27.5 Å². The Balaban J connectivity index is 1.94. The summed E-state index contributed by atoms with van der Waals surface area (Å²) >= 11 is 0. The quantitative estimate of drug-likeness (QED) is 0.466. The molecule has 0 amide bonds. The van der Waals surface area contributed by atoms with E-state index in [-0.39, 0.29) is 10.8 Å². The summed E-state index contributed by atoms with van der Waals surface area (Å²) in [5.41, 5.74) is 5.87. The van der Waals surface area contributed by atoms with Gasteiger partial charge >= 0.3 is 0 Å². The molecular formula is C24H24N2O. The number of rotatable bonds is 1. The van der Waals surface area contributed by atoms with E-state index in [4.69, 9.17) is 4.98 Å². The van der Waals surface area contributed by atoms with E-state index in [0.29, 0.717) is 5.75 Å². The Bertz CT molecular complexity index is 1240. The molecule has 5 rings (SSSR count). The Hall–Kier alpha value is -2.81. The maximum atomic E-state index is 10.5. The molecule has 2 aromatic heterocycles. The summed E-state index contributed by atoms with van der Waals surface area (Å²) < 4.78 is 2.20. The lowest BCUT2D eigenvalue weighted by atomic mass is 9.81. The van der Waals surface area contributed by atoms with E-state index in [1.807, 2.05) is 18.3 Å². The molecule has 3 nitrogen and oxygen atoms in total. The summed E-state index contributed by atoms with van der Waals surface area (Å²) in [6.45, 7) is 11.1. The smallest absolute Gasteiger partial charge is 0.137 e. The highest BCUT2D eigenvalue weighted by molar-refractivity contribution is 6.16.